The number of aryl methyl sites for hydroxylation is 3. The molecule has 0 saturated carbocycles. The Morgan fingerprint density at radius 3 is 2.53 bits per heavy atom. The summed E-state index contributed by atoms with van der Waals surface area (Å²) >= 11 is 0. The van der Waals surface area contributed by atoms with Crippen LogP contribution in [-0.4, -0.2) is 33.7 Å². The number of hydrogen-bond donors (Lipinski definition) is 0. The molecule has 168 valence electrons. The van der Waals surface area contributed by atoms with Gasteiger partial charge in [0.1, 0.15) is 0 Å². The molecule has 0 aliphatic rings. The molecule has 0 spiro atoms. The van der Waals surface area contributed by atoms with Gasteiger partial charge in [-0.05, 0) is 55.3 Å². The van der Waals surface area contributed by atoms with Crippen molar-refractivity contribution in [2.45, 2.75) is 20.4 Å². The molecule has 8 heteroatoms. The summed E-state index contributed by atoms with van der Waals surface area (Å²) in [5.74, 6) is 0. The fourth-order valence-corrected chi connectivity index (χ4v) is 4.52. The summed E-state index contributed by atoms with van der Waals surface area (Å²) in [7, 11) is 1.78. The summed E-state index contributed by atoms with van der Waals surface area (Å²) in [6, 6.07) is 16.4. The van der Waals surface area contributed by atoms with E-state index in [0.29, 0.717) is 0 Å². The van der Waals surface area contributed by atoms with Gasteiger partial charge in [-0.3, -0.25) is 18.8 Å². The van der Waals surface area contributed by atoms with Crippen LogP contribution >= 0.6 is 0 Å². The van der Waals surface area contributed by atoms with Gasteiger partial charge in [-0.15, -0.1) is 0 Å². The molecule has 0 unspecified atom stereocenters. The number of fused-ring (bicyclic) bond motifs is 3. The first-order chi connectivity index (χ1) is 16.5. The van der Waals surface area contributed by atoms with Gasteiger partial charge < -0.3 is 0 Å². The molecule has 0 N–H and O–H groups in total. The van der Waals surface area contributed by atoms with Crippen molar-refractivity contribution >= 4 is 21.9 Å². The number of rotatable bonds is 4. The second-order valence-corrected chi connectivity index (χ2v) is 8.35. The summed E-state index contributed by atoms with van der Waals surface area (Å²) in [6.07, 6.45) is 7.39. The van der Waals surface area contributed by atoms with Crippen molar-refractivity contribution < 1.29 is 0 Å². The molecule has 4 heterocycles. The highest BCUT2D eigenvalue weighted by atomic mass is 16.1. The van der Waals surface area contributed by atoms with E-state index in [9.17, 15) is 4.79 Å². The van der Waals surface area contributed by atoms with E-state index < -0.39 is 0 Å². The zero-order chi connectivity index (χ0) is 23.4. The Morgan fingerprint density at radius 2 is 1.82 bits per heavy atom. The zero-order valence-electron chi connectivity index (χ0n) is 19.2. The molecule has 2 aromatic carbocycles. The SMILES string of the molecule is CCn1cc(-n2c(=O)n(C)c3cnc4ccc(-c5ccc(-n6cccn6)cc5)cc4c32)c(C)n1. The summed E-state index contributed by atoms with van der Waals surface area (Å²) in [4.78, 5) is 18.0. The van der Waals surface area contributed by atoms with Crippen molar-refractivity contribution in [1.82, 2.24) is 33.7 Å². The van der Waals surface area contributed by atoms with Gasteiger partial charge in [-0.2, -0.15) is 10.2 Å². The Morgan fingerprint density at radius 1 is 1.03 bits per heavy atom. The summed E-state index contributed by atoms with van der Waals surface area (Å²) < 4.78 is 7.10. The van der Waals surface area contributed by atoms with Crippen molar-refractivity contribution in [3.05, 3.63) is 89.5 Å². The molecule has 34 heavy (non-hydrogen) atoms. The second kappa shape index (κ2) is 7.55. The molecule has 0 radical (unpaired) electrons. The van der Waals surface area contributed by atoms with Crippen LogP contribution < -0.4 is 5.69 Å². The van der Waals surface area contributed by atoms with E-state index in [1.54, 1.807) is 28.6 Å². The normalized spacial score (nSPS) is 11.6. The van der Waals surface area contributed by atoms with Crippen LogP contribution in [0.4, 0.5) is 0 Å². The Kier molecular flexibility index (Phi) is 4.48. The van der Waals surface area contributed by atoms with E-state index >= 15 is 0 Å². The third kappa shape index (κ3) is 2.99. The van der Waals surface area contributed by atoms with Crippen LogP contribution in [0.5, 0.6) is 0 Å². The lowest BCUT2D eigenvalue weighted by Gasteiger charge is -2.08. The summed E-state index contributed by atoms with van der Waals surface area (Å²) in [6.45, 7) is 4.70. The van der Waals surface area contributed by atoms with Crippen molar-refractivity contribution in [2.75, 3.05) is 0 Å². The molecule has 0 aliphatic carbocycles. The molecule has 0 fully saturated rings. The maximum Gasteiger partial charge on any atom is 0.333 e. The highest BCUT2D eigenvalue weighted by molar-refractivity contribution is 6.04. The first kappa shape index (κ1) is 20.2. The first-order valence-corrected chi connectivity index (χ1v) is 11.2. The topological polar surface area (TPSA) is 75.5 Å². The van der Waals surface area contributed by atoms with Gasteiger partial charge in [0.05, 0.1) is 39.8 Å². The summed E-state index contributed by atoms with van der Waals surface area (Å²) in [5.41, 5.74) is 7.08. The molecular weight excluding hydrogens is 426 g/mol. The third-order valence-corrected chi connectivity index (χ3v) is 6.34. The highest BCUT2D eigenvalue weighted by Gasteiger charge is 2.19. The average Bonchev–Trinajstić information content (AvgIpc) is 3.59. The standard InChI is InChI=1S/C26H23N7O/c1-4-31-16-24(17(2)29-31)33-25-21-14-19(8-11-22(21)27-15-23(25)30(3)26(33)34)18-6-9-20(10-7-18)32-13-5-12-28-32/h5-16H,4H2,1-3H3. The van der Waals surface area contributed by atoms with E-state index in [0.717, 1.165) is 56.7 Å². The lowest BCUT2D eigenvalue weighted by atomic mass is 10.0. The van der Waals surface area contributed by atoms with Crippen LogP contribution in [0.3, 0.4) is 0 Å². The van der Waals surface area contributed by atoms with E-state index in [2.05, 4.69) is 39.4 Å². The Hall–Kier alpha value is -4.46. The number of aromatic nitrogens is 7. The fourth-order valence-electron chi connectivity index (χ4n) is 4.52. The van der Waals surface area contributed by atoms with Crippen molar-refractivity contribution in [3.63, 3.8) is 0 Å². The molecule has 0 amide bonds. The van der Waals surface area contributed by atoms with E-state index in [1.165, 1.54) is 0 Å². The quantitative estimate of drug-likeness (QED) is 0.403. The van der Waals surface area contributed by atoms with Crippen LogP contribution in [0, 0.1) is 6.92 Å². The van der Waals surface area contributed by atoms with Crippen LogP contribution in [-0.2, 0) is 13.6 Å². The van der Waals surface area contributed by atoms with E-state index in [1.807, 2.05) is 59.9 Å². The molecule has 6 rings (SSSR count). The van der Waals surface area contributed by atoms with Gasteiger partial charge in [0.2, 0.25) is 0 Å². The molecule has 0 aliphatic heterocycles. The molecule has 6 aromatic rings. The Bertz CT molecular complexity index is 1720. The second-order valence-electron chi connectivity index (χ2n) is 8.35. The lowest BCUT2D eigenvalue weighted by Crippen LogP contribution is -2.21. The van der Waals surface area contributed by atoms with Gasteiger partial charge in [0, 0.05) is 37.6 Å². The average molecular weight is 450 g/mol. The van der Waals surface area contributed by atoms with Gasteiger partial charge in [-0.1, -0.05) is 18.2 Å². The van der Waals surface area contributed by atoms with Crippen molar-refractivity contribution in [1.29, 1.82) is 0 Å². The van der Waals surface area contributed by atoms with Crippen LogP contribution in [0.15, 0.2) is 78.1 Å². The van der Waals surface area contributed by atoms with Crippen LogP contribution in [0.25, 0.3) is 44.4 Å². The molecule has 8 nitrogen and oxygen atoms in total. The number of pyridine rings is 1. The van der Waals surface area contributed by atoms with Crippen molar-refractivity contribution in [2.24, 2.45) is 7.05 Å². The molecular formula is C26H23N7O. The Labute approximate surface area is 195 Å². The number of hydrogen-bond acceptors (Lipinski definition) is 4. The smallest absolute Gasteiger partial charge is 0.293 e. The maximum absolute atomic E-state index is 13.3. The number of imidazole rings is 1. The monoisotopic (exact) mass is 449 g/mol. The van der Waals surface area contributed by atoms with E-state index in [4.69, 9.17) is 0 Å². The zero-order valence-corrected chi connectivity index (χ0v) is 19.2. The molecule has 4 aromatic heterocycles. The minimum Gasteiger partial charge on any atom is -0.293 e. The van der Waals surface area contributed by atoms with Crippen LogP contribution in [0.1, 0.15) is 12.6 Å². The molecule has 0 bridgehead atoms. The van der Waals surface area contributed by atoms with Gasteiger partial charge in [-0.25, -0.2) is 9.48 Å². The van der Waals surface area contributed by atoms with Crippen LogP contribution in [0.2, 0.25) is 0 Å². The molecule has 0 saturated heterocycles. The first-order valence-electron chi connectivity index (χ1n) is 11.2. The van der Waals surface area contributed by atoms with Gasteiger partial charge in [0.25, 0.3) is 0 Å². The van der Waals surface area contributed by atoms with Crippen molar-refractivity contribution in [3.8, 4) is 22.5 Å². The Balaban J connectivity index is 1.58. The largest absolute Gasteiger partial charge is 0.333 e. The summed E-state index contributed by atoms with van der Waals surface area (Å²) in [5, 5.41) is 9.78. The highest BCUT2D eigenvalue weighted by Crippen LogP contribution is 2.30. The maximum atomic E-state index is 13.3. The predicted molar refractivity (Wildman–Crippen MR) is 133 cm³/mol. The number of nitrogens with zero attached hydrogens (tertiary/aromatic N) is 7. The molecule has 0 atom stereocenters. The predicted octanol–water partition coefficient (Wildman–Crippen LogP) is 4.25. The minimum absolute atomic E-state index is 0.114. The third-order valence-electron chi connectivity index (χ3n) is 6.34. The fraction of sp³-hybridized carbons (Fsp3) is 0.154. The number of benzene rings is 2. The lowest BCUT2D eigenvalue weighted by molar-refractivity contribution is 0.653. The van der Waals surface area contributed by atoms with E-state index in [-0.39, 0.29) is 5.69 Å². The van der Waals surface area contributed by atoms with Gasteiger partial charge in [0.15, 0.2) is 0 Å². The van der Waals surface area contributed by atoms with Gasteiger partial charge >= 0.3 is 5.69 Å². The minimum atomic E-state index is -0.114.